The average molecular weight is 416 g/mol. The molecule has 0 atom stereocenters. The number of carboxylic acid groups (broad SMARTS) is 1. The van der Waals surface area contributed by atoms with Crippen molar-refractivity contribution in [3.05, 3.63) is 84.2 Å². The van der Waals surface area contributed by atoms with E-state index in [2.05, 4.69) is 25.1 Å². The Labute approximate surface area is 180 Å². The van der Waals surface area contributed by atoms with Gasteiger partial charge in [0.2, 0.25) is 5.95 Å². The average Bonchev–Trinajstić information content (AvgIpc) is 2.83. The second kappa shape index (κ2) is 9.71. The monoisotopic (exact) mass is 416 g/mol. The van der Waals surface area contributed by atoms with Gasteiger partial charge in [-0.1, -0.05) is 36.4 Å². The lowest BCUT2D eigenvalue weighted by Crippen LogP contribution is -2.51. The van der Waals surface area contributed by atoms with Crippen LogP contribution in [0.5, 0.6) is 0 Å². The maximum absolute atomic E-state index is 11.3. The molecular weight excluding hydrogens is 392 g/mol. The summed E-state index contributed by atoms with van der Waals surface area (Å²) in [5, 5.41) is 12.6. The van der Waals surface area contributed by atoms with Gasteiger partial charge in [-0.25, -0.2) is 19.8 Å². The molecule has 0 radical (unpaired) electrons. The van der Waals surface area contributed by atoms with Crippen LogP contribution >= 0.6 is 0 Å². The summed E-state index contributed by atoms with van der Waals surface area (Å²) in [4.78, 5) is 29.2. The maximum atomic E-state index is 11.3. The standard InChI is InChI=1S/C23H24N6O2/c30-21(31)19-8-4-9-20(16-19)27-23(26-17-18-6-2-1-3-7-18)29-14-12-28(13-15-29)22-24-10-5-11-25-22/h1-11,16H,12-15,17H2,(H,26,27)(H,30,31). The number of carbonyl (C=O) groups is 1. The molecular formula is C23H24N6O2. The van der Waals surface area contributed by atoms with Crippen LogP contribution in [0.15, 0.2) is 78.0 Å². The Balaban J connectivity index is 1.51. The predicted molar refractivity (Wildman–Crippen MR) is 120 cm³/mol. The van der Waals surface area contributed by atoms with Crippen molar-refractivity contribution in [3.8, 4) is 0 Å². The van der Waals surface area contributed by atoms with E-state index < -0.39 is 5.97 Å². The van der Waals surface area contributed by atoms with E-state index in [0.717, 1.165) is 43.7 Å². The molecule has 2 heterocycles. The van der Waals surface area contributed by atoms with Gasteiger partial charge < -0.3 is 20.2 Å². The van der Waals surface area contributed by atoms with E-state index in [1.165, 1.54) is 0 Å². The van der Waals surface area contributed by atoms with Gasteiger partial charge in [-0.3, -0.25) is 0 Å². The smallest absolute Gasteiger partial charge is 0.335 e. The van der Waals surface area contributed by atoms with Crippen LogP contribution in [0.25, 0.3) is 0 Å². The zero-order valence-corrected chi connectivity index (χ0v) is 17.1. The molecule has 8 heteroatoms. The van der Waals surface area contributed by atoms with Crippen LogP contribution in [0.4, 0.5) is 11.6 Å². The molecule has 0 bridgehead atoms. The molecule has 4 rings (SSSR count). The molecule has 1 fully saturated rings. The van der Waals surface area contributed by atoms with Gasteiger partial charge in [-0.2, -0.15) is 0 Å². The van der Waals surface area contributed by atoms with Crippen molar-refractivity contribution in [2.24, 2.45) is 4.99 Å². The van der Waals surface area contributed by atoms with E-state index in [1.54, 1.807) is 30.6 Å². The normalized spacial score (nSPS) is 14.4. The summed E-state index contributed by atoms with van der Waals surface area (Å²) in [6, 6.07) is 18.6. The molecule has 158 valence electrons. The van der Waals surface area contributed by atoms with Crippen LogP contribution < -0.4 is 10.2 Å². The van der Waals surface area contributed by atoms with Gasteiger partial charge >= 0.3 is 5.97 Å². The highest BCUT2D eigenvalue weighted by molar-refractivity contribution is 5.96. The Kier molecular flexibility index (Phi) is 6.37. The summed E-state index contributed by atoms with van der Waals surface area (Å²) in [5.41, 5.74) is 2.04. The minimum Gasteiger partial charge on any atom is -0.478 e. The van der Waals surface area contributed by atoms with E-state index >= 15 is 0 Å². The first-order valence-corrected chi connectivity index (χ1v) is 10.1. The molecule has 0 unspecified atom stereocenters. The lowest BCUT2D eigenvalue weighted by molar-refractivity contribution is 0.0697. The van der Waals surface area contributed by atoms with E-state index in [0.29, 0.717) is 12.2 Å². The first-order chi connectivity index (χ1) is 15.2. The van der Waals surface area contributed by atoms with Crippen LogP contribution in [0, 0.1) is 0 Å². The minimum atomic E-state index is -0.956. The molecule has 3 aromatic rings. The third-order valence-corrected chi connectivity index (χ3v) is 5.03. The molecule has 31 heavy (non-hydrogen) atoms. The van der Waals surface area contributed by atoms with E-state index in [4.69, 9.17) is 4.99 Å². The molecule has 1 aliphatic heterocycles. The van der Waals surface area contributed by atoms with Crippen LogP contribution in [-0.4, -0.2) is 58.1 Å². The Morgan fingerprint density at radius 1 is 0.968 bits per heavy atom. The first kappa shape index (κ1) is 20.3. The quantitative estimate of drug-likeness (QED) is 0.488. The van der Waals surface area contributed by atoms with Crippen molar-refractivity contribution in [1.29, 1.82) is 0 Å². The van der Waals surface area contributed by atoms with E-state index in [1.807, 2.05) is 42.5 Å². The zero-order valence-electron chi connectivity index (χ0n) is 17.1. The van der Waals surface area contributed by atoms with Gasteiger partial charge in [0.05, 0.1) is 12.1 Å². The van der Waals surface area contributed by atoms with Crippen LogP contribution in [0.3, 0.4) is 0 Å². The number of aliphatic imine (C=N–C) groups is 1. The Morgan fingerprint density at radius 2 is 1.71 bits per heavy atom. The molecule has 0 aliphatic carbocycles. The zero-order chi connectivity index (χ0) is 21.5. The second-order valence-corrected chi connectivity index (χ2v) is 7.16. The SMILES string of the molecule is O=C(O)c1cccc(NC(=NCc2ccccc2)N2CCN(c3ncccn3)CC2)c1. The molecule has 1 aromatic heterocycles. The molecule has 0 saturated carbocycles. The lowest BCUT2D eigenvalue weighted by Gasteiger charge is -2.36. The summed E-state index contributed by atoms with van der Waals surface area (Å²) in [7, 11) is 0. The van der Waals surface area contributed by atoms with Gasteiger partial charge in [-0.05, 0) is 29.8 Å². The molecule has 1 saturated heterocycles. The van der Waals surface area contributed by atoms with Crippen LogP contribution in [0.1, 0.15) is 15.9 Å². The fourth-order valence-corrected chi connectivity index (χ4v) is 3.40. The van der Waals surface area contributed by atoms with Gasteiger partial charge in [0, 0.05) is 44.3 Å². The number of piperazine rings is 1. The van der Waals surface area contributed by atoms with Crippen molar-refractivity contribution < 1.29 is 9.90 Å². The Hall–Kier alpha value is -3.94. The number of guanidine groups is 1. The number of hydrogen-bond donors (Lipinski definition) is 2. The van der Waals surface area contributed by atoms with Crippen molar-refractivity contribution in [2.45, 2.75) is 6.54 Å². The Morgan fingerprint density at radius 3 is 2.42 bits per heavy atom. The molecule has 0 amide bonds. The number of carboxylic acids is 1. The van der Waals surface area contributed by atoms with Gasteiger partial charge in [0.15, 0.2) is 5.96 Å². The van der Waals surface area contributed by atoms with Crippen LogP contribution in [-0.2, 0) is 6.54 Å². The summed E-state index contributed by atoms with van der Waals surface area (Å²) < 4.78 is 0. The molecule has 0 spiro atoms. The van der Waals surface area contributed by atoms with Gasteiger partial charge in [-0.15, -0.1) is 0 Å². The molecule has 2 aromatic carbocycles. The molecule has 8 nitrogen and oxygen atoms in total. The maximum Gasteiger partial charge on any atom is 0.335 e. The summed E-state index contributed by atoms with van der Waals surface area (Å²) in [5.74, 6) is 0.495. The summed E-state index contributed by atoms with van der Waals surface area (Å²) in [6.07, 6.45) is 3.50. The Bertz CT molecular complexity index is 1030. The van der Waals surface area contributed by atoms with Crippen molar-refractivity contribution in [2.75, 3.05) is 36.4 Å². The topological polar surface area (TPSA) is 93.9 Å². The molecule has 1 aliphatic rings. The number of benzene rings is 2. The highest BCUT2D eigenvalue weighted by atomic mass is 16.4. The number of hydrogen-bond acceptors (Lipinski definition) is 5. The lowest BCUT2D eigenvalue weighted by atomic mass is 10.2. The number of nitrogens with zero attached hydrogens (tertiary/aromatic N) is 5. The number of aromatic carboxylic acids is 1. The third kappa shape index (κ3) is 5.36. The summed E-state index contributed by atoms with van der Waals surface area (Å²) >= 11 is 0. The minimum absolute atomic E-state index is 0.235. The number of nitrogens with one attached hydrogen (secondary N) is 1. The predicted octanol–water partition coefficient (Wildman–Crippen LogP) is 2.97. The highest BCUT2D eigenvalue weighted by Gasteiger charge is 2.21. The van der Waals surface area contributed by atoms with Gasteiger partial charge in [0.1, 0.15) is 0 Å². The summed E-state index contributed by atoms with van der Waals surface area (Å²) in [6.45, 7) is 3.56. The number of rotatable bonds is 5. The largest absolute Gasteiger partial charge is 0.478 e. The molecule has 2 N–H and O–H groups in total. The number of aromatic nitrogens is 2. The third-order valence-electron chi connectivity index (χ3n) is 5.03. The van der Waals surface area contributed by atoms with Gasteiger partial charge in [0.25, 0.3) is 0 Å². The van der Waals surface area contributed by atoms with E-state index in [9.17, 15) is 9.90 Å². The van der Waals surface area contributed by atoms with E-state index in [-0.39, 0.29) is 5.56 Å². The highest BCUT2D eigenvalue weighted by Crippen LogP contribution is 2.15. The second-order valence-electron chi connectivity index (χ2n) is 7.16. The fraction of sp³-hybridized carbons (Fsp3) is 0.217. The first-order valence-electron chi connectivity index (χ1n) is 10.1. The van der Waals surface area contributed by atoms with Crippen molar-refractivity contribution in [1.82, 2.24) is 14.9 Å². The van der Waals surface area contributed by atoms with Crippen molar-refractivity contribution in [3.63, 3.8) is 0 Å². The van der Waals surface area contributed by atoms with Crippen molar-refractivity contribution >= 4 is 23.6 Å². The van der Waals surface area contributed by atoms with Crippen LogP contribution in [0.2, 0.25) is 0 Å². The number of anilines is 2. The fourth-order valence-electron chi connectivity index (χ4n) is 3.40.